The summed E-state index contributed by atoms with van der Waals surface area (Å²) in [5.74, 6) is 0. The molecule has 1 aliphatic rings. The van der Waals surface area contributed by atoms with Crippen molar-refractivity contribution >= 4 is 5.69 Å². The number of aromatic nitrogens is 1. The maximum absolute atomic E-state index is 5.29. The summed E-state index contributed by atoms with van der Waals surface area (Å²) < 4.78 is 5.29. The van der Waals surface area contributed by atoms with Gasteiger partial charge in [0.25, 0.3) is 0 Å². The Bertz CT molecular complexity index is 282. The number of pyridine rings is 1. The molecule has 0 saturated carbocycles. The maximum Gasteiger partial charge on any atom is 0.0668 e. The van der Waals surface area contributed by atoms with Gasteiger partial charge in [-0.15, -0.1) is 0 Å². The number of aryl methyl sites for hydroxylation is 1. The number of rotatable bonds is 2. The van der Waals surface area contributed by atoms with Crippen LogP contribution in [-0.2, 0) is 4.74 Å². The van der Waals surface area contributed by atoms with Crippen molar-refractivity contribution in [2.24, 2.45) is 0 Å². The van der Waals surface area contributed by atoms with Crippen LogP contribution in [0.2, 0.25) is 0 Å². The van der Waals surface area contributed by atoms with E-state index in [1.54, 1.807) is 0 Å². The highest BCUT2D eigenvalue weighted by Crippen LogP contribution is 2.16. The molecule has 70 valence electrons. The summed E-state index contributed by atoms with van der Waals surface area (Å²) in [6.45, 7) is 3.77. The molecule has 1 aromatic heterocycles. The highest BCUT2D eigenvalue weighted by molar-refractivity contribution is 5.48. The Kier molecular flexibility index (Phi) is 2.45. The smallest absolute Gasteiger partial charge is 0.0668 e. The quantitative estimate of drug-likeness (QED) is 0.746. The van der Waals surface area contributed by atoms with E-state index in [0.717, 1.165) is 25.3 Å². The maximum atomic E-state index is 5.29. The van der Waals surface area contributed by atoms with Crippen molar-refractivity contribution in [1.82, 2.24) is 4.98 Å². The zero-order valence-electron chi connectivity index (χ0n) is 7.79. The van der Waals surface area contributed by atoms with Crippen LogP contribution < -0.4 is 5.32 Å². The summed E-state index contributed by atoms with van der Waals surface area (Å²) in [6.07, 6.45) is 4.77. The molecular weight excluding hydrogens is 164 g/mol. The largest absolute Gasteiger partial charge is 0.379 e. The molecular formula is C10H14N2O. The van der Waals surface area contributed by atoms with Gasteiger partial charge in [-0.2, -0.15) is 0 Å². The number of nitrogens with one attached hydrogen (secondary N) is 1. The molecule has 1 aromatic rings. The van der Waals surface area contributed by atoms with Gasteiger partial charge in [-0.3, -0.25) is 4.98 Å². The van der Waals surface area contributed by atoms with Gasteiger partial charge < -0.3 is 10.1 Å². The van der Waals surface area contributed by atoms with Crippen LogP contribution in [0, 0.1) is 6.92 Å². The van der Waals surface area contributed by atoms with E-state index >= 15 is 0 Å². The van der Waals surface area contributed by atoms with Crippen molar-refractivity contribution in [2.75, 3.05) is 18.5 Å². The number of hydrogen-bond donors (Lipinski definition) is 1. The van der Waals surface area contributed by atoms with Gasteiger partial charge in [0.05, 0.1) is 24.5 Å². The Balaban J connectivity index is 2.04. The van der Waals surface area contributed by atoms with Crippen LogP contribution in [0.25, 0.3) is 0 Å². The van der Waals surface area contributed by atoms with Crippen molar-refractivity contribution in [3.05, 3.63) is 24.0 Å². The van der Waals surface area contributed by atoms with Gasteiger partial charge in [0.2, 0.25) is 0 Å². The van der Waals surface area contributed by atoms with Crippen LogP contribution in [0.15, 0.2) is 18.5 Å². The molecule has 13 heavy (non-hydrogen) atoms. The van der Waals surface area contributed by atoms with Crippen molar-refractivity contribution in [1.29, 1.82) is 0 Å². The summed E-state index contributed by atoms with van der Waals surface area (Å²) in [5.41, 5.74) is 2.36. The Labute approximate surface area is 78.1 Å². The second kappa shape index (κ2) is 3.75. The first-order valence-electron chi connectivity index (χ1n) is 4.61. The Morgan fingerprint density at radius 1 is 1.62 bits per heavy atom. The molecule has 2 rings (SSSR count). The second-order valence-corrected chi connectivity index (χ2v) is 3.40. The van der Waals surface area contributed by atoms with Crippen LogP contribution >= 0.6 is 0 Å². The van der Waals surface area contributed by atoms with E-state index in [4.69, 9.17) is 4.74 Å². The molecule has 0 spiro atoms. The first kappa shape index (κ1) is 8.51. The van der Waals surface area contributed by atoms with Gasteiger partial charge in [0.15, 0.2) is 0 Å². The third-order valence-electron chi connectivity index (χ3n) is 2.33. The lowest BCUT2D eigenvalue weighted by Gasteiger charge is -2.13. The molecule has 0 amide bonds. The van der Waals surface area contributed by atoms with Gasteiger partial charge in [0, 0.05) is 12.8 Å². The highest BCUT2D eigenvalue weighted by atomic mass is 16.5. The van der Waals surface area contributed by atoms with Crippen molar-refractivity contribution < 1.29 is 4.74 Å². The molecule has 1 saturated heterocycles. The van der Waals surface area contributed by atoms with E-state index in [0.29, 0.717) is 6.04 Å². The van der Waals surface area contributed by atoms with Crippen molar-refractivity contribution in [2.45, 2.75) is 19.4 Å². The van der Waals surface area contributed by atoms with Gasteiger partial charge >= 0.3 is 0 Å². The number of nitrogens with zero attached hydrogens (tertiary/aromatic N) is 1. The van der Waals surface area contributed by atoms with E-state index in [1.807, 2.05) is 18.5 Å². The molecule has 0 bridgehead atoms. The van der Waals surface area contributed by atoms with Crippen molar-refractivity contribution in [3.8, 4) is 0 Å². The van der Waals surface area contributed by atoms with Gasteiger partial charge in [-0.1, -0.05) is 0 Å². The molecule has 1 unspecified atom stereocenters. The lowest BCUT2D eigenvalue weighted by Crippen LogP contribution is -2.19. The molecule has 3 nitrogen and oxygen atoms in total. The number of hydrogen-bond acceptors (Lipinski definition) is 3. The summed E-state index contributed by atoms with van der Waals surface area (Å²) in [6, 6.07) is 2.47. The van der Waals surface area contributed by atoms with Gasteiger partial charge in [-0.25, -0.2) is 0 Å². The molecule has 1 atom stereocenters. The molecule has 2 heterocycles. The molecule has 0 aliphatic carbocycles. The lowest BCUT2D eigenvalue weighted by atomic mass is 10.2. The summed E-state index contributed by atoms with van der Waals surface area (Å²) >= 11 is 0. The van der Waals surface area contributed by atoms with Crippen LogP contribution in [0.1, 0.15) is 12.0 Å². The van der Waals surface area contributed by atoms with E-state index in [2.05, 4.69) is 17.2 Å². The standard InChI is InChI=1S/C10H14N2O/c1-8-2-4-11-6-10(8)12-9-3-5-13-7-9/h2,4,6,9,12H,3,5,7H2,1H3. The summed E-state index contributed by atoms with van der Waals surface area (Å²) in [5, 5.41) is 3.42. The van der Waals surface area contributed by atoms with Crippen molar-refractivity contribution in [3.63, 3.8) is 0 Å². The fraction of sp³-hybridized carbons (Fsp3) is 0.500. The van der Waals surface area contributed by atoms with Gasteiger partial charge in [-0.05, 0) is 25.0 Å². The van der Waals surface area contributed by atoms with E-state index in [-0.39, 0.29) is 0 Å². The minimum Gasteiger partial charge on any atom is -0.379 e. The monoisotopic (exact) mass is 178 g/mol. The highest BCUT2D eigenvalue weighted by Gasteiger charge is 2.15. The van der Waals surface area contributed by atoms with Crippen LogP contribution in [-0.4, -0.2) is 24.2 Å². The van der Waals surface area contributed by atoms with Gasteiger partial charge in [0.1, 0.15) is 0 Å². The zero-order valence-corrected chi connectivity index (χ0v) is 7.79. The predicted octanol–water partition coefficient (Wildman–Crippen LogP) is 1.59. The Hall–Kier alpha value is -1.09. The van der Waals surface area contributed by atoms with Crippen LogP contribution in [0.4, 0.5) is 5.69 Å². The third-order valence-corrected chi connectivity index (χ3v) is 2.33. The predicted molar refractivity (Wildman–Crippen MR) is 51.8 cm³/mol. The topological polar surface area (TPSA) is 34.2 Å². The van der Waals surface area contributed by atoms with Crippen LogP contribution in [0.5, 0.6) is 0 Å². The fourth-order valence-corrected chi connectivity index (χ4v) is 1.48. The molecule has 1 aliphatic heterocycles. The molecule has 3 heteroatoms. The molecule has 0 aromatic carbocycles. The summed E-state index contributed by atoms with van der Waals surface area (Å²) in [7, 11) is 0. The second-order valence-electron chi connectivity index (χ2n) is 3.40. The average Bonchev–Trinajstić information content (AvgIpc) is 2.61. The Morgan fingerprint density at radius 3 is 3.23 bits per heavy atom. The molecule has 1 fully saturated rings. The minimum atomic E-state index is 0.461. The normalized spacial score (nSPS) is 21.8. The van der Waals surface area contributed by atoms with E-state index in [1.165, 1.54) is 5.56 Å². The number of anilines is 1. The molecule has 1 N–H and O–H groups in total. The summed E-state index contributed by atoms with van der Waals surface area (Å²) in [4.78, 5) is 4.08. The first-order valence-corrected chi connectivity index (χ1v) is 4.61. The molecule has 0 radical (unpaired) electrons. The van der Waals surface area contributed by atoms with E-state index in [9.17, 15) is 0 Å². The van der Waals surface area contributed by atoms with E-state index < -0.39 is 0 Å². The first-order chi connectivity index (χ1) is 6.36. The zero-order chi connectivity index (χ0) is 9.10. The average molecular weight is 178 g/mol. The SMILES string of the molecule is Cc1ccncc1NC1CCOC1. The number of ether oxygens (including phenoxy) is 1. The lowest BCUT2D eigenvalue weighted by molar-refractivity contribution is 0.195. The minimum absolute atomic E-state index is 0.461. The Morgan fingerprint density at radius 2 is 2.54 bits per heavy atom. The van der Waals surface area contributed by atoms with Crippen LogP contribution in [0.3, 0.4) is 0 Å². The fourth-order valence-electron chi connectivity index (χ4n) is 1.48. The third kappa shape index (κ3) is 1.98.